The van der Waals surface area contributed by atoms with Crippen LogP contribution in [0.5, 0.6) is 5.75 Å². The standard InChI is InChI=1S/C23H23ClN6O2/c24-17-7-8-20-21(9-12-26-22(20)13-17)25-10-4-11-27-23(31)15-30-14-18(28-29-30)16-32-19-5-2-1-3-6-19/h1-3,5-9,12-14H,4,10-11,15-16H2,(H,25,26)(H,27,31). The van der Waals surface area contributed by atoms with Crippen molar-refractivity contribution in [2.45, 2.75) is 19.6 Å². The lowest BCUT2D eigenvalue weighted by atomic mass is 10.2. The van der Waals surface area contributed by atoms with Crippen molar-refractivity contribution in [1.82, 2.24) is 25.3 Å². The van der Waals surface area contributed by atoms with E-state index in [2.05, 4.69) is 25.9 Å². The number of para-hydroxylation sites is 1. The first-order valence-electron chi connectivity index (χ1n) is 10.3. The molecule has 8 nitrogen and oxygen atoms in total. The van der Waals surface area contributed by atoms with Crippen LogP contribution in [0.2, 0.25) is 5.02 Å². The lowest BCUT2D eigenvalue weighted by Crippen LogP contribution is -2.29. The van der Waals surface area contributed by atoms with Gasteiger partial charge in [-0.05, 0) is 42.8 Å². The third kappa shape index (κ3) is 5.95. The van der Waals surface area contributed by atoms with Gasteiger partial charge in [-0.25, -0.2) is 4.68 Å². The van der Waals surface area contributed by atoms with Crippen molar-refractivity contribution in [2.75, 3.05) is 18.4 Å². The van der Waals surface area contributed by atoms with E-state index in [9.17, 15) is 4.79 Å². The molecule has 2 N–H and O–H groups in total. The van der Waals surface area contributed by atoms with Gasteiger partial charge in [0.25, 0.3) is 0 Å². The maximum atomic E-state index is 12.2. The van der Waals surface area contributed by atoms with Crippen molar-refractivity contribution >= 4 is 34.1 Å². The zero-order valence-electron chi connectivity index (χ0n) is 17.4. The van der Waals surface area contributed by atoms with Crippen molar-refractivity contribution in [3.05, 3.63) is 77.7 Å². The molecule has 0 atom stereocenters. The van der Waals surface area contributed by atoms with Gasteiger partial charge in [-0.2, -0.15) is 0 Å². The molecule has 0 aliphatic carbocycles. The maximum absolute atomic E-state index is 12.2. The highest BCUT2D eigenvalue weighted by molar-refractivity contribution is 6.31. The molecular weight excluding hydrogens is 428 g/mol. The molecule has 2 aromatic carbocycles. The number of carbonyl (C=O) groups excluding carboxylic acids is 1. The quantitative estimate of drug-likeness (QED) is 0.358. The number of nitrogens with zero attached hydrogens (tertiary/aromatic N) is 4. The molecule has 0 radical (unpaired) electrons. The van der Waals surface area contributed by atoms with Gasteiger partial charge in [-0.1, -0.05) is 35.0 Å². The molecule has 2 heterocycles. The number of anilines is 1. The second-order valence-corrected chi connectivity index (χ2v) is 7.60. The molecule has 4 aromatic rings. The molecule has 0 saturated heterocycles. The van der Waals surface area contributed by atoms with Gasteiger partial charge < -0.3 is 15.4 Å². The molecule has 9 heteroatoms. The number of nitrogens with one attached hydrogen (secondary N) is 2. The first-order chi connectivity index (χ1) is 15.7. The predicted octanol–water partition coefficient (Wildman–Crippen LogP) is 3.68. The molecule has 1 amide bonds. The summed E-state index contributed by atoms with van der Waals surface area (Å²) in [5, 5.41) is 16.0. The third-order valence-electron chi connectivity index (χ3n) is 4.72. The summed E-state index contributed by atoms with van der Waals surface area (Å²) in [5.74, 6) is 0.645. The summed E-state index contributed by atoms with van der Waals surface area (Å²) in [7, 11) is 0. The molecule has 0 saturated carbocycles. The Morgan fingerprint density at radius 1 is 1.09 bits per heavy atom. The summed E-state index contributed by atoms with van der Waals surface area (Å²) in [4.78, 5) is 16.5. The molecular formula is C23H23ClN6O2. The molecule has 164 valence electrons. The lowest BCUT2D eigenvalue weighted by Gasteiger charge is -2.10. The number of carbonyl (C=O) groups is 1. The number of halogens is 1. The molecule has 4 rings (SSSR count). The number of pyridine rings is 1. The topological polar surface area (TPSA) is 94.0 Å². The van der Waals surface area contributed by atoms with Crippen LogP contribution in [-0.2, 0) is 17.9 Å². The van der Waals surface area contributed by atoms with Gasteiger partial charge in [-0.15, -0.1) is 5.10 Å². The number of amides is 1. The molecule has 0 bridgehead atoms. The van der Waals surface area contributed by atoms with Crippen molar-refractivity contribution in [2.24, 2.45) is 0 Å². The molecule has 0 fully saturated rings. The number of benzene rings is 2. The Kier molecular flexibility index (Phi) is 7.14. The van der Waals surface area contributed by atoms with Crippen LogP contribution in [0.15, 0.2) is 67.0 Å². The highest BCUT2D eigenvalue weighted by Gasteiger charge is 2.07. The number of aromatic nitrogens is 4. The summed E-state index contributed by atoms with van der Waals surface area (Å²) in [5.41, 5.74) is 2.50. The SMILES string of the molecule is O=C(Cn1cc(COc2ccccc2)nn1)NCCCNc1ccnc2cc(Cl)ccc12. The van der Waals surface area contributed by atoms with E-state index >= 15 is 0 Å². The smallest absolute Gasteiger partial charge is 0.241 e. The van der Waals surface area contributed by atoms with E-state index in [1.54, 1.807) is 12.4 Å². The van der Waals surface area contributed by atoms with E-state index in [0.717, 1.165) is 28.8 Å². The Balaban J connectivity index is 1.16. The minimum atomic E-state index is -0.116. The van der Waals surface area contributed by atoms with Crippen molar-refractivity contribution in [3.63, 3.8) is 0 Å². The van der Waals surface area contributed by atoms with Crippen LogP contribution in [0.4, 0.5) is 5.69 Å². The summed E-state index contributed by atoms with van der Waals surface area (Å²) in [6, 6.07) is 17.0. The number of fused-ring (bicyclic) bond motifs is 1. The van der Waals surface area contributed by atoms with Crippen molar-refractivity contribution in [3.8, 4) is 5.75 Å². The van der Waals surface area contributed by atoms with E-state index in [4.69, 9.17) is 16.3 Å². The van der Waals surface area contributed by atoms with Gasteiger partial charge >= 0.3 is 0 Å². The first kappa shape index (κ1) is 21.6. The van der Waals surface area contributed by atoms with Crippen LogP contribution >= 0.6 is 11.6 Å². The predicted molar refractivity (Wildman–Crippen MR) is 124 cm³/mol. The Morgan fingerprint density at radius 3 is 2.84 bits per heavy atom. The fraction of sp³-hybridized carbons (Fsp3) is 0.217. The minimum Gasteiger partial charge on any atom is -0.487 e. The molecule has 0 spiro atoms. The van der Waals surface area contributed by atoms with Gasteiger partial charge in [0.05, 0.1) is 11.7 Å². The lowest BCUT2D eigenvalue weighted by molar-refractivity contribution is -0.121. The third-order valence-corrected chi connectivity index (χ3v) is 4.95. The fourth-order valence-electron chi connectivity index (χ4n) is 3.17. The van der Waals surface area contributed by atoms with Crippen LogP contribution in [0, 0.1) is 0 Å². The molecule has 0 unspecified atom stereocenters. The van der Waals surface area contributed by atoms with E-state index in [0.29, 0.717) is 30.4 Å². The number of ether oxygens (including phenoxy) is 1. The highest BCUT2D eigenvalue weighted by Crippen LogP contribution is 2.24. The van der Waals surface area contributed by atoms with Gasteiger partial charge in [0.15, 0.2) is 0 Å². The average Bonchev–Trinajstić information content (AvgIpc) is 3.25. The van der Waals surface area contributed by atoms with E-state index in [1.807, 2.05) is 54.6 Å². The molecule has 0 aliphatic rings. The second kappa shape index (κ2) is 10.6. The van der Waals surface area contributed by atoms with E-state index in [-0.39, 0.29) is 12.5 Å². The van der Waals surface area contributed by atoms with Crippen LogP contribution < -0.4 is 15.4 Å². The van der Waals surface area contributed by atoms with Crippen molar-refractivity contribution in [1.29, 1.82) is 0 Å². The summed E-state index contributed by atoms with van der Waals surface area (Å²) in [6.45, 7) is 1.68. The normalized spacial score (nSPS) is 10.8. The van der Waals surface area contributed by atoms with Gasteiger partial charge in [0.2, 0.25) is 5.91 Å². The van der Waals surface area contributed by atoms with E-state index < -0.39 is 0 Å². The Labute approximate surface area is 190 Å². The molecule has 0 aliphatic heterocycles. The monoisotopic (exact) mass is 450 g/mol. The summed E-state index contributed by atoms with van der Waals surface area (Å²) < 4.78 is 7.14. The maximum Gasteiger partial charge on any atom is 0.241 e. The number of rotatable bonds is 10. The van der Waals surface area contributed by atoms with Crippen LogP contribution in [0.25, 0.3) is 10.9 Å². The van der Waals surface area contributed by atoms with Crippen LogP contribution in [-0.4, -0.2) is 39.0 Å². The first-order valence-corrected chi connectivity index (χ1v) is 10.7. The van der Waals surface area contributed by atoms with E-state index in [1.165, 1.54) is 4.68 Å². The number of hydrogen-bond donors (Lipinski definition) is 2. The summed E-state index contributed by atoms with van der Waals surface area (Å²) in [6.07, 6.45) is 4.24. The van der Waals surface area contributed by atoms with Gasteiger partial charge in [-0.3, -0.25) is 9.78 Å². The zero-order chi connectivity index (χ0) is 22.2. The van der Waals surface area contributed by atoms with Gasteiger partial charge in [0.1, 0.15) is 24.6 Å². The highest BCUT2D eigenvalue weighted by atomic mass is 35.5. The Hall–Kier alpha value is -3.65. The van der Waals surface area contributed by atoms with Crippen LogP contribution in [0.3, 0.4) is 0 Å². The Morgan fingerprint density at radius 2 is 1.97 bits per heavy atom. The fourth-order valence-corrected chi connectivity index (χ4v) is 3.34. The number of hydrogen-bond acceptors (Lipinski definition) is 6. The van der Waals surface area contributed by atoms with Crippen LogP contribution in [0.1, 0.15) is 12.1 Å². The zero-order valence-corrected chi connectivity index (χ0v) is 18.1. The van der Waals surface area contributed by atoms with Crippen molar-refractivity contribution < 1.29 is 9.53 Å². The molecule has 2 aromatic heterocycles. The second-order valence-electron chi connectivity index (χ2n) is 7.16. The summed E-state index contributed by atoms with van der Waals surface area (Å²) >= 11 is 6.03. The minimum absolute atomic E-state index is 0.113. The Bertz CT molecular complexity index is 1180. The average molecular weight is 451 g/mol. The van der Waals surface area contributed by atoms with Gasteiger partial charge in [0, 0.05) is 35.4 Å². The molecule has 32 heavy (non-hydrogen) atoms. The largest absolute Gasteiger partial charge is 0.487 e.